The third-order valence-corrected chi connectivity index (χ3v) is 5.86. The van der Waals surface area contributed by atoms with Crippen LogP contribution in [0.3, 0.4) is 0 Å². The van der Waals surface area contributed by atoms with E-state index in [-0.39, 0.29) is 17.6 Å². The van der Waals surface area contributed by atoms with Crippen LogP contribution >= 0.6 is 0 Å². The molecular formula is C19H22O4S. The number of ether oxygens (including phenoxy) is 1. The van der Waals surface area contributed by atoms with Crippen LogP contribution in [0.1, 0.15) is 40.3 Å². The number of benzene rings is 2. The van der Waals surface area contributed by atoms with Gasteiger partial charge in [-0.2, -0.15) is 8.42 Å². The zero-order valence-electron chi connectivity index (χ0n) is 14.2. The Hall–Kier alpha value is -1.69. The lowest BCUT2D eigenvalue weighted by molar-refractivity contribution is 0.105. The van der Waals surface area contributed by atoms with Crippen molar-refractivity contribution in [1.82, 2.24) is 0 Å². The minimum Gasteiger partial charge on any atom is -0.377 e. The van der Waals surface area contributed by atoms with Gasteiger partial charge in [0.2, 0.25) is 0 Å². The van der Waals surface area contributed by atoms with Crippen molar-refractivity contribution < 1.29 is 17.3 Å². The highest BCUT2D eigenvalue weighted by Gasteiger charge is 2.24. The number of aryl methyl sites for hydroxylation is 3. The average molecular weight is 346 g/mol. The molecule has 0 aliphatic heterocycles. The first-order valence-electron chi connectivity index (χ1n) is 8.02. The topological polar surface area (TPSA) is 52.6 Å². The summed E-state index contributed by atoms with van der Waals surface area (Å²) in [6.45, 7) is 3.94. The normalized spacial score (nSPS) is 17.0. The molecule has 2 aromatic carbocycles. The van der Waals surface area contributed by atoms with E-state index in [1.165, 1.54) is 11.1 Å². The van der Waals surface area contributed by atoms with Crippen molar-refractivity contribution in [1.29, 1.82) is 0 Å². The van der Waals surface area contributed by atoms with Gasteiger partial charge in [-0.15, -0.1) is 0 Å². The van der Waals surface area contributed by atoms with Crippen LogP contribution in [-0.2, 0) is 32.1 Å². The van der Waals surface area contributed by atoms with Gasteiger partial charge in [-0.05, 0) is 61.1 Å². The highest BCUT2D eigenvalue weighted by molar-refractivity contribution is 7.86. The summed E-state index contributed by atoms with van der Waals surface area (Å²) in [5, 5.41) is 0. The zero-order chi connectivity index (χ0) is 17.3. The smallest absolute Gasteiger partial charge is 0.297 e. The second-order valence-electron chi connectivity index (χ2n) is 6.27. The highest BCUT2D eigenvalue weighted by Crippen LogP contribution is 2.35. The Morgan fingerprint density at radius 1 is 1.12 bits per heavy atom. The SMILES string of the molecule is COC1CCc2cc(COS(=O)(=O)c3ccc(C)cc3)c(C)cc21. The number of hydrogen-bond donors (Lipinski definition) is 0. The molecule has 0 aromatic heterocycles. The van der Waals surface area contributed by atoms with E-state index in [0.717, 1.165) is 29.5 Å². The van der Waals surface area contributed by atoms with Crippen LogP contribution in [0.4, 0.5) is 0 Å². The van der Waals surface area contributed by atoms with Crippen molar-refractivity contribution in [2.45, 2.75) is 44.3 Å². The third-order valence-electron chi connectivity index (χ3n) is 4.58. The lowest BCUT2D eigenvalue weighted by Gasteiger charge is -2.13. The maximum Gasteiger partial charge on any atom is 0.297 e. The van der Waals surface area contributed by atoms with Crippen LogP contribution < -0.4 is 0 Å². The van der Waals surface area contributed by atoms with E-state index in [1.807, 2.05) is 19.9 Å². The van der Waals surface area contributed by atoms with E-state index >= 15 is 0 Å². The molecule has 0 heterocycles. The van der Waals surface area contributed by atoms with Crippen LogP contribution in [0.15, 0.2) is 41.3 Å². The fraction of sp³-hybridized carbons (Fsp3) is 0.368. The van der Waals surface area contributed by atoms with Crippen molar-refractivity contribution >= 4 is 10.1 Å². The van der Waals surface area contributed by atoms with E-state index in [1.54, 1.807) is 31.4 Å². The monoisotopic (exact) mass is 346 g/mol. The van der Waals surface area contributed by atoms with Crippen molar-refractivity contribution in [3.8, 4) is 0 Å². The van der Waals surface area contributed by atoms with Gasteiger partial charge in [-0.1, -0.05) is 29.8 Å². The van der Waals surface area contributed by atoms with E-state index in [2.05, 4.69) is 6.07 Å². The molecule has 0 N–H and O–H groups in total. The molecule has 0 amide bonds. The predicted molar refractivity (Wildman–Crippen MR) is 92.4 cm³/mol. The van der Waals surface area contributed by atoms with Crippen LogP contribution in [0.5, 0.6) is 0 Å². The van der Waals surface area contributed by atoms with E-state index in [9.17, 15) is 8.42 Å². The molecule has 2 aromatic rings. The van der Waals surface area contributed by atoms with Gasteiger partial charge in [0.05, 0.1) is 17.6 Å². The molecule has 1 atom stereocenters. The Balaban J connectivity index is 1.79. The number of fused-ring (bicyclic) bond motifs is 1. The van der Waals surface area contributed by atoms with Gasteiger partial charge < -0.3 is 4.74 Å². The Morgan fingerprint density at radius 3 is 2.50 bits per heavy atom. The van der Waals surface area contributed by atoms with Gasteiger partial charge in [-0.25, -0.2) is 0 Å². The van der Waals surface area contributed by atoms with E-state index in [4.69, 9.17) is 8.92 Å². The highest BCUT2D eigenvalue weighted by atomic mass is 32.2. The summed E-state index contributed by atoms with van der Waals surface area (Å²) in [4.78, 5) is 0.186. The lowest BCUT2D eigenvalue weighted by Crippen LogP contribution is -2.08. The Kier molecular flexibility index (Phi) is 4.76. The molecule has 24 heavy (non-hydrogen) atoms. The lowest BCUT2D eigenvalue weighted by atomic mass is 10.0. The number of methoxy groups -OCH3 is 1. The summed E-state index contributed by atoms with van der Waals surface area (Å²) in [6, 6.07) is 10.8. The van der Waals surface area contributed by atoms with Gasteiger partial charge in [0, 0.05) is 7.11 Å². The molecule has 0 fully saturated rings. The largest absolute Gasteiger partial charge is 0.377 e. The van der Waals surface area contributed by atoms with Gasteiger partial charge in [-0.3, -0.25) is 4.18 Å². The first kappa shape index (κ1) is 17.1. The molecule has 0 spiro atoms. The fourth-order valence-electron chi connectivity index (χ4n) is 3.10. The third kappa shape index (κ3) is 3.38. The molecule has 0 bridgehead atoms. The minimum atomic E-state index is -3.75. The molecule has 3 rings (SSSR count). The molecular weight excluding hydrogens is 324 g/mol. The summed E-state index contributed by atoms with van der Waals surface area (Å²) in [6.07, 6.45) is 2.06. The second-order valence-corrected chi connectivity index (χ2v) is 7.89. The quantitative estimate of drug-likeness (QED) is 0.772. The molecule has 128 valence electrons. The summed E-state index contributed by atoms with van der Waals surface area (Å²) in [7, 11) is -2.02. The molecule has 5 heteroatoms. The summed E-state index contributed by atoms with van der Waals surface area (Å²) in [5.74, 6) is 0. The molecule has 0 saturated heterocycles. The maximum absolute atomic E-state index is 12.3. The molecule has 1 unspecified atom stereocenters. The van der Waals surface area contributed by atoms with Crippen LogP contribution in [0.25, 0.3) is 0 Å². The second kappa shape index (κ2) is 6.67. The van der Waals surface area contributed by atoms with Crippen molar-refractivity contribution in [2.75, 3.05) is 7.11 Å². The summed E-state index contributed by atoms with van der Waals surface area (Å²) < 4.78 is 35.4. The van der Waals surface area contributed by atoms with Gasteiger partial charge in [0.15, 0.2) is 0 Å². The van der Waals surface area contributed by atoms with Crippen LogP contribution in [0, 0.1) is 13.8 Å². The molecule has 1 aliphatic rings. The van der Waals surface area contributed by atoms with Crippen molar-refractivity contribution in [3.05, 3.63) is 64.2 Å². The predicted octanol–water partition coefficient (Wildman–Crippen LogP) is 3.84. The molecule has 0 radical (unpaired) electrons. The van der Waals surface area contributed by atoms with E-state index < -0.39 is 10.1 Å². The number of hydrogen-bond acceptors (Lipinski definition) is 4. The van der Waals surface area contributed by atoms with E-state index in [0.29, 0.717) is 0 Å². The Labute approximate surface area is 143 Å². The standard InChI is InChI=1S/C19H22O4S/c1-13-4-7-17(8-5-13)24(20,21)23-12-16-11-15-6-9-19(22-3)18(15)10-14(16)2/h4-5,7-8,10-11,19H,6,9,12H2,1-3H3. The molecule has 0 saturated carbocycles. The van der Waals surface area contributed by atoms with Gasteiger partial charge in [0.25, 0.3) is 10.1 Å². The Bertz CT molecular complexity index is 838. The molecule has 1 aliphatic carbocycles. The van der Waals surface area contributed by atoms with Crippen LogP contribution in [-0.4, -0.2) is 15.5 Å². The van der Waals surface area contributed by atoms with Crippen molar-refractivity contribution in [3.63, 3.8) is 0 Å². The average Bonchev–Trinajstić information content (AvgIpc) is 2.95. The van der Waals surface area contributed by atoms with Gasteiger partial charge >= 0.3 is 0 Å². The van der Waals surface area contributed by atoms with Gasteiger partial charge in [0.1, 0.15) is 0 Å². The zero-order valence-corrected chi connectivity index (χ0v) is 15.0. The minimum absolute atomic E-state index is 0.0486. The first-order valence-corrected chi connectivity index (χ1v) is 9.43. The van der Waals surface area contributed by atoms with Crippen LogP contribution in [0.2, 0.25) is 0 Å². The first-order chi connectivity index (χ1) is 11.4. The molecule has 4 nitrogen and oxygen atoms in total. The Morgan fingerprint density at radius 2 is 1.83 bits per heavy atom. The van der Waals surface area contributed by atoms with Crippen molar-refractivity contribution in [2.24, 2.45) is 0 Å². The fourth-order valence-corrected chi connectivity index (χ4v) is 3.99. The summed E-state index contributed by atoms with van der Waals surface area (Å²) >= 11 is 0. The number of rotatable bonds is 5. The summed E-state index contributed by atoms with van der Waals surface area (Å²) in [5.41, 5.74) is 5.37. The maximum atomic E-state index is 12.3.